The number of hydrogen-bond acceptors (Lipinski definition) is 4. The van der Waals surface area contributed by atoms with Gasteiger partial charge < -0.3 is 20.1 Å². The van der Waals surface area contributed by atoms with Crippen LogP contribution in [0.2, 0.25) is 0 Å². The van der Waals surface area contributed by atoms with E-state index < -0.39 is 11.9 Å². The molecule has 7 heteroatoms. The number of aromatic carboxylic acids is 1. The van der Waals surface area contributed by atoms with Crippen molar-refractivity contribution in [3.63, 3.8) is 0 Å². The van der Waals surface area contributed by atoms with E-state index in [0.29, 0.717) is 23.7 Å². The predicted molar refractivity (Wildman–Crippen MR) is 100 cm³/mol. The first-order valence-electron chi connectivity index (χ1n) is 8.66. The maximum Gasteiger partial charge on any atom is 0.335 e. The Labute approximate surface area is 156 Å². The number of benzene rings is 2. The molecule has 140 valence electrons. The van der Waals surface area contributed by atoms with E-state index in [2.05, 4.69) is 5.32 Å². The summed E-state index contributed by atoms with van der Waals surface area (Å²) in [5, 5.41) is 11.7. The molecular formula is C20H20N2O5. The lowest BCUT2D eigenvalue weighted by molar-refractivity contribution is -0.122. The zero-order chi connectivity index (χ0) is 19.4. The van der Waals surface area contributed by atoms with E-state index >= 15 is 0 Å². The molecule has 7 nitrogen and oxygen atoms in total. The number of carbonyl (C=O) groups excluding carboxylic acids is 2. The highest BCUT2D eigenvalue weighted by Gasteiger charge is 2.36. The van der Waals surface area contributed by atoms with Gasteiger partial charge in [-0.1, -0.05) is 12.1 Å². The number of carbonyl (C=O) groups is 3. The monoisotopic (exact) mass is 368 g/mol. The van der Waals surface area contributed by atoms with E-state index in [0.717, 1.165) is 0 Å². The summed E-state index contributed by atoms with van der Waals surface area (Å²) in [5.41, 5.74) is 1.29. The van der Waals surface area contributed by atoms with Gasteiger partial charge in [0, 0.05) is 18.7 Å². The molecule has 1 heterocycles. The summed E-state index contributed by atoms with van der Waals surface area (Å²) in [6, 6.07) is 13.1. The van der Waals surface area contributed by atoms with Crippen LogP contribution in [0.25, 0.3) is 0 Å². The summed E-state index contributed by atoms with van der Waals surface area (Å²) >= 11 is 0. The number of hydrogen-bond donors (Lipinski definition) is 2. The highest BCUT2D eigenvalue weighted by atomic mass is 16.5. The van der Waals surface area contributed by atoms with Crippen molar-refractivity contribution in [2.24, 2.45) is 5.92 Å². The lowest BCUT2D eigenvalue weighted by Gasteiger charge is -2.20. The second-order valence-corrected chi connectivity index (χ2v) is 6.18. The van der Waals surface area contributed by atoms with E-state index in [1.807, 2.05) is 19.1 Å². The Bertz CT molecular complexity index is 863. The van der Waals surface area contributed by atoms with Crippen molar-refractivity contribution in [3.05, 3.63) is 54.1 Å². The molecule has 1 saturated heterocycles. The molecule has 2 aromatic rings. The Morgan fingerprint density at radius 1 is 1.19 bits per heavy atom. The Morgan fingerprint density at radius 2 is 1.89 bits per heavy atom. The van der Waals surface area contributed by atoms with Crippen LogP contribution >= 0.6 is 0 Å². The van der Waals surface area contributed by atoms with Gasteiger partial charge in [0.05, 0.1) is 23.8 Å². The van der Waals surface area contributed by atoms with Gasteiger partial charge in [-0.15, -0.1) is 0 Å². The smallest absolute Gasteiger partial charge is 0.335 e. The van der Waals surface area contributed by atoms with Crippen molar-refractivity contribution < 1.29 is 24.2 Å². The zero-order valence-corrected chi connectivity index (χ0v) is 14.8. The molecule has 1 atom stereocenters. The quantitative estimate of drug-likeness (QED) is 0.817. The number of anilines is 2. The maximum absolute atomic E-state index is 12.5. The summed E-state index contributed by atoms with van der Waals surface area (Å²) < 4.78 is 5.58. The minimum atomic E-state index is -1.03. The minimum Gasteiger partial charge on any atom is -0.492 e. The Kier molecular flexibility index (Phi) is 5.40. The molecule has 1 aliphatic rings. The molecule has 27 heavy (non-hydrogen) atoms. The predicted octanol–water partition coefficient (Wildman–Crippen LogP) is 2.78. The van der Waals surface area contributed by atoms with Crippen LogP contribution in [0.4, 0.5) is 11.4 Å². The molecule has 2 amide bonds. The van der Waals surface area contributed by atoms with Crippen molar-refractivity contribution in [2.45, 2.75) is 13.3 Å². The van der Waals surface area contributed by atoms with Gasteiger partial charge in [-0.05, 0) is 43.3 Å². The van der Waals surface area contributed by atoms with Crippen LogP contribution in [0.1, 0.15) is 23.7 Å². The van der Waals surface area contributed by atoms with Gasteiger partial charge in [0.1, 0.15) is 5.75 Å². The van der Waals surface area contributed by atoms with Gasteiger partial charge in [-0.2, -0.15) is 0 Å². The normalized spacial score (nSPS) is 16.3. The van der Waals surface area contributed by atoms with Gasteiger partial charge >= 0.3 is 5.97 Å². The molecule has 0 bridgehead atoms. The summed E-state index contributed by atoms with van der Waals surface area (Å²) in [4.78, 5) is 37.4. The number of amides is 2. The van der Waals surface area contributed by atoms with Crippen LogP contribution in [0.15, 0.2) is 48.5 Å². The first kappa shape index (κ1) is 18.4. The molecule has 0 spiro atoms. The number of carboxylic acids is 1. The van der Waals surface area contributed by atoms with Crippen LogP contribution in [0, 0.1) is 5.92 Å². The number of nitrogens with zero attached hydrogens (tertiary/aromatic N) is 1. The first-order chi connectivity index (χ1) is 13.0. The molecule has 3 rings (SSSR count). The third-order valence-corrected chi connectivity index (χ3v) is 4.35. The Morgan fingerprint density at radius 3 is 2.56 bits per heavy atom. The van der Waals surface area contributed by atoms with Gasteiger partial charge in [0.15, 0.2) is 0 Å². The zero-order valence-electron chi connectivity index (χ0n) is 14.8. The topological polar surface area (TPSA) is 95.9 Å². The highest BCUT2D eigenvalue weighted by Crippen LogP contribution is 2.33. The highest BCUT2D eigenvalue weighted by molar-refractivity contribution is 6.04. The lowest BCUT2D eigenvalue weighted by atomic mass is 10.1. The molecule has 0 aromatic heterocycles. The average Bonchev–Trinajstić information content (AvgIpc) is 3.05. The number of ether oxygens (including phenoxy) is 1. The van der Waals surface area contributed by atoms with E-state index in [4.69, 9.17) is 9.84 Å². The second-order valence-electron chi connectivity index (χ2n) is 6.18. The van der Waals surface area contributed by atoms with Crippen molar-refractivity contribution in [3.8, 4) is 5.75 Å². The van der Waals surface area contributed by atoms with Crippen LogP contribution in [-0.4, -0.2) is 36.0 Å². The standard InChI is InChI=1S/C20H20N2O5/c1-2-27-17-6-4-3-5-16(17)22-12-14(11-18(22)23)19(24)21-15-9-7-13(8-10-15)20(25)26/h3-10,14H,2,11-12H2,1H3,(H,21,24)(H,25,26)/t14-/m1/s1. The summed E-state index contributed by atoms with van der Waals surface area (Å²) in [5.74, 6) is -1.32. The fourth-order valence-corrected chi connectivity index (χ4v) is 3.01. The number of rotatable bonds is 6. The number of nitrogens with one attached hydrogen (secondary N) is 1. The molecule has 0 unspecified atom stereocenters. The lowest BCUT2D eigenvalue weighted by Crippen LogP contribution is -2.28. The fraction of sp³-hybridized carbons (Fsp3) is 0.250. The maximum atomic E-state index is 12.5. The SMILES string of the molecule is CCOc1ccccc1N1C[C@H](C(=O)Nc2ccc(C(=O)O)cc2)CC1=O. The summed E-state index contributed by atoms with van der Waals surface area (Å²) in [6.07, 6.45) is 0.111. The largest absolute Gasteiger partial charge is 0.492 e. The molecule has 1 aliphatic heterocycles. The molecule has 0 radical (unpaired) electrons. The van der Waals surface area contributed by atoms with Crippen molar-refractivity contribution in [2.75, 3.05) is 23.4 Å². The van der Waals surface area contributed by atoms with Gasteiger partial charge in [0.2, 0.25) is 11.8 Å². The number of carboxylic acid groups (broad SMARTS) is 1. The third kappa shape index (κ3) is 4.08. The molecule has 0 saturated carbocycles. The van der Waals surface area contributed by atoms with Crippen LogP contribution in [0.3, 0.4) is 0 Å². The van der Waals surface area contributed by atoms with E-state index in [1.54, 1.807) is 17.0 Å². The number of para-hydroxylation sites is 2. The van der Waals surface area contributed by atoms with E-state index in [1.165, 1.54) is 24.3 Å². The summed E-state index contributed by atoms with van der Waals surface area (Å²) in [7, 11) is 0. The molecule has 0 aliphatic carbocycles. The molecule has 2 aromatic carbocycles. The Hall–Kier alpha value is -3.35. The van der Waals surface area contributed by atoms with Crippen molar-refractivity contribution >= 4 is 29.2 Å². The average molecular weight is 368 g/mol. The second kappa shape index (κ2) is 7.90. The molecule has 2 N–H and O–H groups in total. The molecule has 1 fully saturated rings. The van der Waals surface area contributed by atoms with Crippen molar-refractivity contribution in [1.29, 1.82) is 0 Å². The summed E-state index contributed by atoms with van der Waals surface area (Å²) in [6.45, 7) is 2.62. The fourth-order valence-electron chi connectivity index (χ4n) is 3.01. The van der Waals surface area contributed by atoms with E-state index in [-0.39, 0.29) is 30.3 Å². The van der Waals surface area contributed by atoms with E-state index in [9.17, 15) is 14.4 Å². The van der Waals surface area contributed by atoms with Gasteiger partial charge in [-0.3, -0.25) is 9.59 Å². The van der Waals surface area contributed by atoms with Crippen LogP contribution < -0.4 is 15.0 Å². The van der Waals surface area contributed by atoms with Crippen LogP contribution in [0.5, 0.6) is 5.75 Å². The van der Waals surface area contributed by atoms with Crippen molar-refractivity contribution in [1.82, 2.24) is 0 Å². The first-order valence-corrected chi connectivity index (χ1v) is 8.66. The van der Waals surface area contributed by atoms with Gasteiger partial charge in [0.25, 0.3) is 0 Å². The third-order valence-electron chi connectivity index (χ3n) is 4.35. The molecular weight excluding hydrogens is 348 g/mol. The minimum absolute atomic E-state index is 0.111. The van der Waals surface area contributed by atoms with Gasteiger partial charge in [-0.25, -0.2) is 4.79 Å². The Balaban J connectivity index is 1.70. The van der Waals surface area contributed by atoms with Crippen LogP contribution in [-0.2, 0) is 9.59 Å².